The largest absolute Gasteiger partial charge is 0.497 e. The Bertz CT molecular complexity index is 493. The van der Waals surface area contributed by atoms with Crippen molar-refractivity contribution in [3.05, 3.63) is 28.8 Å². The van der Waals surface area contributed by atoms with Gasteiger partial charge >= 0.3 is 0 Å². The monoisotopic (exact) mass is 341 g/mol. The third-order valence-electron chi connectivity index (χ3n) is 3.16. The first-order valence-corrected chi connectivity index (χ1v) is 8.29. The standard InChI is InChI=1S/C17H28ClN3O2/c1-13(2)12-23-10-9-21-17(19-3)20-8-7-14-5-6-15(22-4)11-16(14)18/h5-6,11,13H,7-10,12H2,1-4H3,(H2,19,20,21). The maximum atomic E-state index is 6.23. The summed E-state index contributed by atoms with van der Waals surface area (Å²) in [6.45, 7) is 7.21. The zero-order valence-electron chi connectivity index (χ0n) is 14.5. The Morgan fingerprint density at radius 1 is 1.26 bits per heavy atom. The Labute approximate surface area is 144 Å². The van der Waals surface area contributed by atoms with E-state index in [4.69, 9.17) is 21.1 Å². The fraction of sp³-hybridized carbons (Fsp3) is 0.588. The van der Waals surface area contributed by atoms with E-state index in [1.165, 1.54) is 0 Å². The lowest BCUT2D eigenvalue weighted by molar-refractivity contribution is 0.114. The van der Waals surface area contributed by atoms with Gasteiger partial charge in [0.1, 0.15) is 5.75 Å². The van der Waals surface area contributed by atoms with Crippen LogP contribution in [0.4, 0.5) is 0 Å². The average molecular weight is 342 g/mol. The van der Waals surface area contributed by atoms with Gasteiger partial charge in [-0.1, -0.05) is 31.5 Å². The maximum absolute atomic E-state index is 6.23. The molecule has 0 heterocycles. The number of hydrogen-bond donors (Lipinski definition) is 2. The molecule has 0 bridgehead atoms. The minimum atomic E-state index is 0.557. The Morgan fingerprint density at radius 3 is 2.61 bits per heavy atom. The third kappa shape index (κ3) is 8.09. The molecule has 0 amide bonds. The Hall–Kier alpha value is -1.46. The average Bonchev–Trinajstić information content (AvgIpc) is 2.53. The smallest absolute Gasteiger partial charge is 0.191 e. The molecule has 0 aromatic heterocycles. The SMILES string of the molecule is CN=C(NCCOCC(C)C)NCCc1ccc(OC)cc1Cl. The highest BCUT2D eigenvalue weighted by molar-refractivity contribution is 6.31. The maximum Gasteiger partial charge on any atom is 0.191 e. The summed E-state index contributed by atoms with van der Waals surface area (Å²) in [4.78, 5) is 4.19. The van der Waals surface area contributed by atoms with E-state index in [2.05, 4.69) is 29.5 Å². The molecule has 1 rings (SSSR count). The highest BCUT2D eigenvalue weighted by Crippen LogP contribution is 2.22. The van der Waals surface area contributed by atoms with Crippen LogP contribution in [0.25, 0.3) is 0 Å². The van der Waals surface area contributed by atoms with Crippen LogP contribution in [0.1, 0.15) is 19.4 Å². The molecule has 0 atom stereocenters. The second-order valence-corrected chi connectivity index (χ2v) is 6.01. The summed E-state index contributed by atoms with van der Waals surface area (Å²) in [5.41, 5.74) is 1.08. The molecule has 23 heavy (non-hydrogen) atoms. The lowest BCUT2D eigenvalue weighted by atomic mass is 10.1. The summed E-state index contributed by atoms with van der Waals surface area (Å²) in [6.07, 6.45) is 0.813. The molecule has 0 radical (unpaired) electrons. The Morgan fingerprint density at radius 2 is 2.00 bits per heavy atom. The first-order chi connectivity index (χ1) is 11.1. The lowest BCUT2D eigenvalue weighted by Crippen LogP contribution is -2.39. The van der Waals surface area contributed by atoms with Crippen molar-refractivity contribution in [1.82, 2.24) is 10.6 Å². The summed E-state index contributed by atoms with van der Waals surface area (Å²) in [5.74, 6) is 2.09. The minimum Gasteiger partial charge on any atom is -0.497 e. The van der Waals surface area contributed by atoms with Crippen molar-refractivity contribution in [2.75, 3.05) is 40.5 Å². The van der Waals surface area contributed by atoms with Gasteiger partial charge in [-0.25, -0.2) is 0 Å². The molecule has 0 spiro atoms. The second-order valence-electron chi connectivity index (χ2n) is 5.60. The van der Waals surface area contributed by atoms with E-state index in [9.17, 15) is 0 Å². The lowest BCUT2D eigenvalue weighted by Gasteiger charge is -2.13. The number of hydrogen-bond acceptors (Lipinski definition) is 3. The number of ether oxygens (including phenoxy) is 2. The van der Waals surface area contributed by atoms with Crippen molar-refractivity contribution in [1.29, 1.82) is 0 Å². The zero-order chi connectivity index (χ0) is 17.1. The molecular formula is C17H28ClN3O2. The predicted molar refractivity (Wildman–Crippen MR) is 96.7 cm³/mol. The van der Waals surface area contributed by atoms with Gasteiger partial charge in [0.2, 0.25) is 0 Å². The molecule has 1 aromatic carbocycles. The van der Waals surface area contributed by atoms with Crippen LogP contribution in [-0.4, -0.2) is 46.4 Å². The quantitative estimate of drug-likeness (QED) is 0.412. The van der Waals surface area contributed by atoms with Crippen molar-refractivity contribution >= 4 is 17.6 Å². The van der Waals surface area contributed by atoms with Crippen LogP contribution in [0.3, 0.4) is 0 Å². The number of guanidine groups is 1. The number of nitrogens with one attached hydrogen (secondary N) is 2. The molecule has 6 heteroatoms. The third-order valence-corrected chi connectivity index (χ3v) is 3.51. The highest BCUT2D eigenvalue weighted by atomic mass is 35.5. The van der Waals surface area contributed by atoms with E-state index in [0.29, 0.717) is 12.5 Å². The van der Waals surface area contributed by atoms with Crippen LogP contribution < -0.4 is 15.4 Å². The second kappa shape index (κ2) is 11.1. The minimum absolute atomic E-state index is 0.557. The Kier molecular flexibility index (Phi) is 9.48. The molecule has 0 fully saturated rings. The van der Waals surface area contributed by atoms with Gasteiger partial charge in [-0.15, -0.1) is 0 Å². The summed E-state index contributed by atoms with van der Waals surface area (Å²) in [6, 6.07) is 5.73. The van der Waals surface area contributed by atoms with Crippen molar-refractivity contribution in [2.45, 2.75) is 20.3 Å². The van der Waals surface area contributed by atoms with Gasteiger partial charge in [0.15, 0.2) is 5.96 Å². The topological polar surface area (TPSA) is 54.9 Å². The van der Waals surface area contributed by atoms with Crippen LogP contribution in [-0.2, 0) is 11.2 Å². The molecule has 2 N–H and O–H groups in total. The molecule has 0 saturated carbocycles. The van der Waals surface area contributed by atoms with Gasteiger partial charge < -0.3 is 20.1 Å². The summed E-state index contributed by atoms with van der Waals surface area (Å²) >= 11 is 6.23. The summed E-state index contributed by atoms with van der Waals surface area (Å²) in [5, 5.41) is 7.21. The van der Waals surface area contributed by atoms with E-state index in [0.717, 1.165) is 48.4 Å². The van der Waals surface area contributed by atoms with Crippen molar-refractivity contribution in [3.63, 3.8) is 0 Å². The normalized spacial score (nSPS) is 11.7. The summed E-state index contributed by atoms with van der Waals surface area (Å²) in [7, 11) is 3.39. The molecule has 130 valence electrons. The summed E-state index contributed by atoms with van der Waals surface area (Å²) < 4.78 is 10.7. The van der Waals surface area contributed by atoms with E-state index < -0.39 is 0 Å². The van der Waals surface area contributed by atoms with Crippen LogP contribution in [0.2, 0.25) is 5.02 Å². The first-order valence-electron chi connectivity index (χ1n) is 7.91. The van der Waals surface area contributed by atoms with Crippen LogP contribution in [0, 0.1) is 5.92 Å². The number of aliphatic imine (C=N–C) groups is 1. The molecule has 0 aliphatic heterocycles. The van der Waals surface area contributed by atoms with Gasteiger partial charge in [0.05, 0.1) is 13.7 Å². The van der Waals surface area contributed by atoms with Crippen LogP contribution in [0.5, 0.6) is 5.75 Å². The van der Waals surface area contributed by atoms with Crippen molar-refractivity contribution < 1.29 is 9.47 Å². The number of benzene rings is 1. The molecule has 0 aliphatic carbocycles. The first kappa shape index (κ1) is 19.6. The van der Waals surface area contributed by atoms with Crippen LogP contribution in [0.15, 0.2) is 23.2 Å². The number of rotatable bonds is 9. The predicted octanol–water partition coefficient (Wildman–Crippen LogP) is 2.73. The molecule has 1 aromatic rings. The molecule has 0 aliphatic rings. The van der Waals surface area contributed by atoms with Crippen LogP contribution >= 0.6 is 11.6 Å². The van der Waals surface area contributed by atoms with E-state index >= 15 is 0 Å². The number of nitrogens with zero attached hydrogens (tertiary/aromatic N) is 1. The number of halogens is 1. The van der Waals surface area contributed by atoms with Gasteiger partial charge in [0.25, 0.3) is 0 Å². The van der Waals surface area contributed by atoms with Gasteiger partial charge in [-0.2, -0.15) is 0 Å². The fourth-order valence-electron chi connectivity index (χ4n) is 1.95. The zero-order valence-corrected chi connectivity index (χ0v) is 15.2. The van der Waals surface area contributed by atoms with E-state index in [1.807, 2.05) is 18.2 Å². The molecule has 5 nitrogen and oxygen atoms in total. The van der Waals surface area contributed by atoms with Gasteiger partial charge in [0, 0.05) is 31.8 Å². The highest BCUT2D eigenvalue weighted by Gasteiger charge is 2.03. The molecular weight excluding hydrogens is 314 g/mol. The van der Waals surface area contributed by atoms with Gasteiger partial charge in [-0.05, 0) is 30.0 Å². The van der Waals surface area contributed by atoms with Crippen molar-refractivity contribution in [2.24, 2.45) is 10.9 Å². The van der Waals surface area contributed by atoms with E-state index in [-0.39, 0.29) is 0 Å². The molecule has 0 saturated heterocycles. The molecule has 0 unspecified atom stereocenters. The fourth-order valence-corrected chi connectivity index (χ4v) is 2.22. The van der Waals surface area contributed by atoms with Crippen molar-refractivity contribution in [3.8, 4) is 5.75 Å². The van der Waals surface area contributed by atoms with E-state index in [1.54, 1.807) is 14.2 Å². The number of methoxy groups -OCH3 is 1. The Balaban J connectivity index is 2.27. The van der Waals surface area contributed by atoms with Gasteiger partial charge in [-0.3, -0.25) is 4.99 Å².